The lowest BCUT2D eigenvalue weighted by Crippen LogP contribution is -2.38. The average Bonchev–Trinajstić information content (AvgIpc) is 2.52. The second-order valence-electron chi connectivity index (χ2n) is 5.22. The Bertz CT molecular complexity index is 619. The lowest BCUT2D eigenvalue weighted by atomic mass is 10.0. The molecule has 0 spiro atoms. The molecule has 0 amide bonds. The molecule has 3 rings (SSSR count). The highest BCUT2D eigenvalue weighted by Gasteiger charge is 2.24. The normalized spacial score (nSPS) is 18.1. The number of rotatable bonds is 3. The Hall–Kier alpha value is -2.26. The number of hydrogen-bond donors (Lipinski definition) is 1. The molecule has 3 heteroatoms. The summed E-state index contributed by atoms with van der Waals surface area (Å²) in [6.45, 7) is 3.49. The van der Waals surface area contributed by atoms with Crippen LogP contribution in [0.3, 0.4) is 0 Å². The molecule has 3 nitrogen and oxygen atoms in total. The summed E-state index contributed by atoms with van der Waals surface area (Å²) in [5.74, 6) is 0.277. The molecule has 1 N–H and O–H groups in total. The zero-order valence-corrected chi connectivity index (χ0v) is 12.1. The number of benzene rings is 2. The van der Waals surface area contributed by atoms with Crippen LogP contribution in [0, 0.1) is 0 Å². The van der Waals surface area contributed by atoms with E-state index in [9.17, 15) is 5.11 Å². The van der Waals surface area contributed by atoms with E-state index < -0.39 is 0 Å². The van der Waals surface area contributed by atoms with Crippen LogP contribution in [0.25, 0.3) is 0 Å². The zero-order chi connectivity index (χ0) is 14.7. The van der Waals surface area contributed by atoms with Gasteiger partial charge in [0.05, 0.1) is 19.3 Å². The monoisotopic (exact) mass is 281 g/mol. The smallest absolute Gasteiger partial charge is 0.115 e. The molecule has 0 aliphatic carbocycles. The number of phenolic OH excluding ortho intramolecular Hbond substituents is 1. The van der Waals surface area contributed by atoms with E-state index in [-0.39, 0.29) is 11.8 Å². The van der Waals surface area contributed by atoms with Gasteiger partial charge in [0.2, 0.25) is 0 Å². The summed E-state index contributed by atoms with van der Waals surface area (Å²) in [7, 11) is 0. The fraction of sp³-hybridized carbons (Fsp3) is 0.222. The van der Waals surface area contributed by atoms with Gasteiger partial charge in [-0.25, -0.2) is 0 Å². The predicted octanol–water partition coefficient (Wildman–Crippen LogP) is 3.88. The molecule has 0 saturated heterocycles. The maximum atomic E-state index is 9.52. The number of aromatic hydroxyl groups is 1. The number of nitrogens with zero attached hydrogens (tertiary/aromatic N) is 1. The van der Waals surface area contributed by atoms with E-state index in [4.69, 9.17) is 4.74 Å². The summed E-state index contributed by atoms with van der Waals surface area (Å²) < 4.78 is 5.63. The Morgan fingerprint density at radius 3 is 2.33 bits per heavy atom. The van der Waals surface area contributed by atoms with Crippen LogP contribution in [0.15, 0.2) is 66.2 Å². The van der Waals surface area contributed by atoms with Crippen LogP contribution in [0.2, 0.25) is 0 Å². The lowest BCUT2D eigenvalue weighted by molar-refractivity contribution is 0.142. The Balaban J connectivity index is 2.04. The van der Waals surface area contributed by atoms with Crippen LogP contribution in [0.1, 0.15) is 6.92 Å². The average molecular weight is 281 g/mol. The van der Waals surface area contributed by atoms with Gasteiger partial charge >= 0.3 is 0 Å². The number of hydrogen-bond acceptors (Lipinski definition) is 3. The minimum absolute atomic E-state index is 0.172. The summed E-state index contributed by atoms with van der Waals surface area (Å²) in [5, 5.41) is 9.52. The summed E-state index contributed by atoms with van der Waals surface area (Å²) in [5.41, 5.74) is 3.46. The van der Waals surface area contributed by atoms with Crippen molar-refractivity contribution in [3.63, 3.8) is 0 Å². The van der Waals surface area contributed by atoms with Gasteiger partial charge in [0, 0.05) is 11.4 Å². The predicted molar refractivity (Wildman–Crippen MR) is 85.1 cm³/mol. The van der Waals surface area contributed by atoms with Crippen molar-refractivity contribution in [3.8, 4) is 5.75 Å². The molecule has 1 heterocycles. The molecule has 1 unspecified atom stereocenters. The molecule has 2 aromatic carbocycles. The van der Waals surface area contributed by atoms with E-state index in [2.05, 4.69) is 30.0 Å². The Kier molecular flexibility index (Phi) is 3.93. The highest BCUT2D eigenvalue weighted by molar-refractivity contribution is 5.66. The van der Waals surface area contributed by atoms with Crippen LogP contribution in [-0.4, -0.2) is 24.4 Å². The van der Waals surface area contributed by atoms with Gasteiger partial charge in [-0.2, -0.15) is 0 Å². The van der Waals surface area contributed by atoms with Crippen molar-refractivity contribution in [2.75, 3.05) is 18.1 Å². The van der Waals surface area contributed by atoms with Crippen LogP contribution in [0.5, 0.6) is 5.75 Å². The van der Waals surface area contributed by atoms with Crippen LogP contribution in [-0.2, 0) is 4.74 Å². The van der Waals surface area contributed by atoms with Crippen molar-refractivity contribution in [2.24, 2.45) is 0 Å². The molecule has 0 fully saturated rings. The second-order valence-corrected chi connectivity index (χ2v) is 5.22. The van der Waals surface area contributed by atoms with Gasteiger partial charge in [0.25, 0.3) is 0 Å². The van der Waals surface area contributed by atoms with Crippen molar-refractivity contribution in [2.45, 2.75) is 13.0 Å². The highest BCUT2D eigenvalue weighted by atomic mass is 16.5. The fourth-order valence-electron chi connectivity index (χ4n) is 2.63. The minimum Gasteiger partial charge on any atom is -0.508 e. The Morgan fingerprint density at radius 2 is 1.67 bits per heavy atom. The molecule has 2 aromatic rings. The SMILES string of the molecule is CC1=CCOCC1N(c1ccccc1)c1ccc(O)cc1. The van der Waals surface area contributed by atoms with E-state index in [1.807, 2.05) is 30.3 Å². The van der Waals surface area contributed by atoms with Gasteiger partial charge in [-0.1, -0.05) is 29.8 Å². The van der Waals surface area contributed by atoms with Gasteiger partial charge in [-0.3, -0.25) is 0 Å². The summed E-state index contributed by atoms with van der Waals surface area (Å²) >= 11 is 0. The molecule has 0 radical (unpaired) electrons. The van der Waals surface area contributed by atoms with E-state index >= 15 is 0 Å². The number of phenols is 1. The third-order valence-corrected chi connectivity index (χ3v) is 3.80. The number of para-hydroxylation sites is 1. The van der Waals surface area contributed by atoms with Crippen molar-refractivity contribution in [1.82, 2.24) is 0 Å². The maximum Gasteiger partial charge on any atom is 0.115 e. The quantitative estimate of drug-likeness (QED) is 0.867. The molecule has 0 bridgehead atoms. The first kappa shape index (κ1) is 13.7. The van der Waals surface area contributed by atoms with Crippen molar-refractivity contribution >= 4 is 11.4 Å². The molecule has 1 aliphatic heterocycles. The first-order chi connectivity index (χ1) is 10.3. The van der Waals surface area contributed by atoms with E-state index in [1.165, 1.54) is 5.57 Å². The van der Waals surface area contributed by atoms with Gasteiger partial charge in [0.15, 0.2) is 0 Å². The molecule has 1 aliphatic rings. The van der Waals surface area contributed by atoms with Crippen LogP contribution >= 0.6 is 0 Å². The zero-order valence-electron chi connectivity index (χ0n) is 12.1. The summed E-state index contributed by atoms with van der Waals surface area (Å²) in [6.07, 6.45) is 2.13. The molecule has 0 saturated carbocycles. The van der Waals surface area contributed by atoms with Gasteiger partial charge in [-0.05, 0) is 43.3 Å². The Labute approximate surface area is 125 Å². The minimum atomic E-state index is 0.172. The van der Waals surface area contributed by atoms with Gasteiger partial charge in [0.1, 0.15) is 5.75 Å². The first-order valence-electron chi connectivity index (χ1n) is 7.13. The van der Waals surface area contributed by atoms with Crippen LogP contribution in [0.4, 0.5) is 11.4 Å². The molecule has 1 atom stereocenters. The molecule has 0 aromatic heterocycles. The number of anilines is 2. The topological polar surface area (TPSA) is 32.7 Å². The first-order valence-corrected chi connectivity index (χ1v) is 7.13. The van der Waals surface area contributed by atoms with E-state index in [1.54, 1.807) is 12.1 Å². The molecular formula is C18H19NO2. The lowest BCUT2D eigenvalue weighted by Gasteiger charge is -2.36. The van der Waals surface area contributed by atoms with Crippen LogP contribution < -0.4 is 4.90 Å². The van der Waals surface area contributed by atoms with Gasteiger partial charge < -0.3 is 14.7 Å². The number of ether oxygens (including phenoxy) is 1. The summed E-state index contributed by atoms with van der Waals surface area (Å²) in [4.78, 5) is 2.25. The fourth-order valence-corrected chi connectivity index (χ4v) is 2.63. The second kappa shape index (κ2) is 6.02. The summed E-state index contributed by atoms with van der Waals surface area (Å²) in [6, 6.07) is 17.7. The van der Waals surface area contributed by atoms with Crippen molar-refractivity contribution in [1.29, 1.82) is 0 Å². The third-order valence-electron chi connectivity index (χ3n) is 3.80. The van der Waals surface area contributed by atoms with Crippen molar-refractivity contribution < 1.29 is 9.84 Å². The van der Waals surface area contributed by atoms with Gasteiger partial charge in [-0.15, -0.1) is 0 Å². The largest absolute Gasteiger partial charge is 0.508 e. The molecule has 108 valence electrons. The maximum absolute atomic E-state index is 9.52. The van der Waals surface area contributed by atoms with Crippen molar-refractivity contribution in [3.05, 3.63) is 66.2 Å². The highest BCUT2D eigenvalue weighted by Crippen LogP contribution is 2.32. The van der Waals surface area contributed by atoms with E-state index in [0.717, 1.165) is 11.4 Å². The van der Waals surface area contributed by atoms with E-state index in [0.29, 0.717) is 13.2 Å². The molecular weight excluding hydrogens is 262 g/mol. The third kappa shape index (κ3) is 2.93. The standard InChI is InChI=1S/C18H19NO2/c1-14-11-12-21-13-18(14)19(15-5-3-2-4-6-15)16-7-9-17(20)10-8-16/h2-11,18,20H,12-13H2,1H3. The molecule has 21 heavy (non-hydrogen) atoms. The Morgan fingerprint density at radius 1 is 1.00 bits per heavy atom.